The summed E-state index contributed by atoms with van der Waals surface area (Å²) in [5, 5.41) is 7.19. The molecule has 0 amide bonds. The lowest BCUT2D eigenvalue weighted by molar-refractivity contribution is 0.404. The Hall–Kier alpha value is -1.22. The average molecular weight is 445 g/mol. The number of nitrogens with one attached hydrogen (secondary N) is 1. The van der Waals surface area contributed by atoms with Crippen molar-refractivity contribution in [2.24, 2.45) is 17.0 Å². The first-order valence-corrected chi connectivity index (χ1v) is 13.5. The van der Waals surface area contributed by atoms with Crippen LogP contribution in [0.4, 0.5) is 0 Å². The van der Waals surface area contributed by atoms with Gasteiger partial charge in [-0.15, -0.1) is 4.91 Å². The molecule has 184 valence electrons. The van der Waals surface area contributed by atoms with E-state index >= 15 is 0 Å². The van der Waals surface area contributed by atoms with E-state index in [-0.39, 0.29) is 0 Å². The van der Waals surface area contributed by atoms with E-state index < -0.39 is 0 Å². The van der Waals surface area contributed by atoms with Gasteiger partial charge in [-0.1, -0.05) is 84.3 Å². The normalized spacial score (nSPS) is 22.7. The number of allylic oxidation sites excluding steroid dienone is 5. The first-order valence-electron chi connectivity index (χ1n) is 13.5. The molecule has 1 rings (SSSR count). The summed E-state index contributed by atoms with van der Waals surface area (Å²) < 4.78 is 0. The molecule has 2 atom stereocenters. The number of nitroso groups, excluding NO2 is 1. The van der Waals surface area contributed by atoms with Gasteiger partial charge in [0.15, 0.2) is 0 Å². The van der Waals surface area contributed by atoms with Crippen LogP contribution in [0.5, 0.6) is 0 Å². The SMILES string of the molecule is C/C=C(C)/C(N=O)=C(C)\C1=C\C(C)CCC(NCCCCCCCCCCC(C)C)CC1. The summed E-state index contributed by atoms with van der Waals surface area (Å²) in [7, 11) is 0. The van der Waals surface area contributed by atoms with E-state index in [9.17, 15) is 4.91 Å². The van der Waals surface area contributed by atoms with Crippen molar-refractivity contribution in [1.82, 2.24) is 5.32 Å². The molecule has 3 nitrogen and oxygen atoms in total. The standard InChI is InChI=1S/C29H52N2O/c1-7-25(5)29(31-32)26(6)27-18-20-28(19-17-24(4)22-27)30-21-15-13-11-9-8-10-12-14-16-23(2)3/h7,22-24,28,30H,8-21H2,1-6H3/b25-7+,27-22+,29-26+. The molecule has 0 aromatic rings. The van der Waals surface area contributed by atoms with Gasteiger partial charge in [0.25, 0.3) is 0 Å². The first-order chi connectivity index (χ1) is 15.4. The fraction of sp³-hybridized carbons (Fsp3) is 0.793. The van der Waals surface area contributed by atoms with E-state index in [0.29, 0.717) is 17.7 Å². The van der Waals surface area contributed by atoms with Crippen molar-refractivity contribution in [2.75, 3.05) is 6.54 Å². The molecule has 0 aromatic carbocycles. The molecule has 0 aromatic heterocycles. The molecule has 3 heteroatoms. The molecule has 1 aliphatic rings. The van der Waals surface area contributed by atoms with Crippen molar-refractivity contribution in [3.8, 4) is 0 Å². The minimum Gasteiger partial charge on any atom is -0.314 e. The van der Waals surface area contributed by atoms with Gasteiger partial charge in [-0.2, -0.15) is 0 Å². The Morgan fingerprint density at radius 3 is 2.25 bits per heavy atom. The predicted molar refractivity (Wildman–Crippen MR) is 142 cm³/mol. The summed E-state index contributed by atoms with van der Waals surface area (Å²) >= 11 is 0. The van der Waals surface area contributed by atoms with Crippen LogP contribution in [0, 0.1) is 16.7 Å². The second kappa shape index (κ2) is 17.3. The van der Waals surface area contributed by atoms with Gasteiger partial charge in [-0.25, -0.2) is 0 Å². The number of unbranched alkanes of at least 4 members (excludes halogenated alkanes) is 7. The summed E-state index contributed by atoms with van der Waals surface area (Å²) in [6.07, 6.45) is 21.5. The lowest BCUT2D eigenvalue weighted by Crippen LogP contribution is -2.31. The van der Waals surface area contributed by atoms with Crippen molar-refractivity contribution in [2.45, 2.75) is 131 Å². The summed E-state index contributed by atoms with van der Waals surface area (Å²) in [5.41, 5.74) is 3.97. The van der Waals surface area contributed by atoms with E-state index in [1.54, 1.807) is 0 Å². The van der Waals surface area contributed by atoms with Crippen LogP contribution in [0.2, 0.25) is 0 Å². The zero-order valence-electron chi connectivity index (χ0n) is 22.1. The van der Waals surface area contributed by atoms with E-state index in [2.05, 4.69) is 44.3 Å². The summed E-state index contributed by atoms with van der Waals surface area (Å²) in [6, 6.07) is 0.588. The molecular weight excluding hydrogens is 392 g/mol. The highest BCUT2D eigenvalue weighted by atomic mass is 16.3. The molecule has 32 heavy (non-hydrogen) atoms. The van der Waals surface area contributed by atoms with E-state index in [1.807, 2.05) is 19.9 Å². The maximum absolute atomic E-state index is 11.4. The third-order valence-corrected chi connectivity index (χ3v) is 7.09. The van der Waals surface area contributed by atoms with Gasteiger partial charge in [0.05, 0.1) is 0 Å². The molecule has 0 heterocycles. The Bertz CT molecular complexity index is 615. The van der Waals surface area contributed by atoms with Crippen LogP contribution in [-0.2, 0) is 0 Å². The zero-order valence-corrected chi connectivity index (χ0v) is 22.1. The molecule has 0 radical (unpaired) electrons. The van der Waals surface area contributed by atoms with Crippen molar-refractivity contribution in [3.05, 3.63) is 39.5 Å². The average Bonchev–Trinajstić information content (AvgIpc) is 2.76. The fourth-order valence-electron chi connectivity index (χ4n) is 4.73. The lowest BCUT2D eigenvalue weighted by atomic mass is 9.87. The molecule has 0 saturated heterocycles. The molecule has 1 N–H and O–H groups in total. The second-order valence-electron chi connectivity index (χ2n) is 10.5. The molecule has 0 spiro atoms. The largest absolute Gasteiger partial charge is 0.314 e. The monoisotopic (exact) mass is 444 g/mol. The lowest BCUT2D eigenvalue weighted by Gasteiger charge is -2.25. The minimum atomic E-state index is 0.545. The van der Waals surface area contributed by atoms with Crippen LogP contribution in [-0.4, -0.2) is 12.6 Å². The van der Waals surface area contributed by atoms with Crippen molar-refractivity contribution < 1.29 is 0 Å². The quantitative estimate of drug-likeness (QED) is 0.155. The maximum Gasteiger partial charge on any atom is 0.113 e. The van der Waals surface area contributed by atoms with Gasteiger partial charge < -0.3 is 5.32 Å². The highest BCUT2D eigenvalue weighted by Crippen LogP contribution is 2.30. The number of rotatable bonds is 15. The van der Waals surface area contributed by atoms with Crippen molar-refractivity contribution >= 4 is 0 Å². The van der Waals surface area contributed by atoms with Gasteiger partial charge in [0.2, 0.25) is 0 Å². The smallest absolute Gasteiger partial charge is 0.113 e. The second-order valence-corrected chi connectivity index (χ2v) is 10.5. The van der Waals surface area contributed by atoms with Crippen LogP contribution >= 0.6 is 0 Å². The van der Waals surface area contributed by atoms with Crippen LogP contribution in [0.25, 0.3) is 0 Å². The molecule has 0 saturated carbocycles. The Morgan fingerprint density at radius 2 is 1.66 bits per heavy atom. The highest BCUT2D eigenvalue weighted by molar-refractivity contribution is 5.42. The first kappa shape index (κ1) is 28.8. The third kappa shape index (κ3) is 12.1. The number of nitrogens with zero attached hydrogens (tertiary/aromatic N) is 1. The molecule has 1 aliphatic carbocycles. The maximum atomic E-state index is 11.4. The molecule has 0 bridgehead atoms. The summed E-state index contributed by atoms with van der Waals surface area (Å²) in [4.78, 5) is 11.4. The van der Waals surface area contributed by atoms with Gasteiger partial charge >= 0.3 is 0 Å². The van der Waals surface area contributed by atoms with Crippen molar-refractivity contribution in [3.63, 3.8) is 0 Å². The highest BCUT2D eigenvalue weighted by Gasteiger charge is 2.18. The van der Waals surface area contributed by atoms with Crippen LogP contribution in [0.3, 0.4) is 0 Å². The van der Waals surface area contributed by atoms with Gasteiger partial charge in [-0.05, 0) is 93.2 Å². The Labute approximate surface area is 199 Å². The van der Waals surface area contributed by atoms with Crippen LogP contribution in [0.1, 0.15) is 125 Å². The Balaban J connectivity index is 2.33. The fourth-order valence-corrected chi connectivity index (χ4v) is 4.73. The topological polar surface area (TPSA) is 41.5 Å². The number of hydrogen-bond donors (Lipinski definition) is 1. The minimum absolute atomic E-state index is 0.545. The third-order valence-electron chi connectivity index (χ3n) is 7.09. The van der Waals surface area contributed by atoms with Gasteiger partial charge in [0, 0.05) is 6.04 Å². The predicted octanol–water partition coefficient (Wildman–Crippen LogP) is 9.25. The van der Waals surface area contributed by atoms with E-state index in [1.165, 1.54) is 76.2 Å². The molecular formula is C29H52N2O. The molecule has 0 aliphatic heterocycles. The van der Waals surface area contributed by atoms with Crippen LogP contribution < -0.4 is 5.32 Å². The van der Waals surface area contributed by atoms with Gasteiger partial charge in [0.1, 0.15) is 5.70 Å². The Morgan fingerprint density at radius 1 is 1.03 bits per heavy atom. The molecule has 2 unspecified atom stereocenters. The zero-order chi connectivity index (χ0) is 23.8. The van der Waals surface area contributed by atoms with E-state index in [0.717, 1.165) is 36.5 Å². The molecule has 0 fully saturated rings. The summed E-state index contributed by atoms with van der Waals surface area (Å²) in [5.74, 6) is 1.41. The van der Waals surface area contributed by atoms with Crippen LogP contribution in [0.15, 0.2) is 39.7 Å². The van der Waals surface area contributed by atoms with Crippen molar-refractivity contribution in [1.29, 1.82) is 0 Å². The Kier molecular flexibility index (Phi) is 15.6. The number of hydrogen-bond acceptors (Lipinski definition) is 3. The van der Waals surface area contributed by atoms with Gasteiger partial charge in [-0.3, -0.25) is 0 Å². The summed E-state index contributed by atoms with van der Waals surface area (Å²) in [6.45, 7) is 14.1. The van der Waals surface area contributed by atoms with E-state index in [4.69, 9.17) is 0 Å².